The van der Waals surface area contributed by atoms with Gasteiger partial charge in [-0.2, -0.15) is 0 Å². The van der Waals surface area contributed by atoms with E-state index in [9.17, 15) is 0 Å². The molecule has 94 valence electrons. The standard InChI is InChI=1S/C11H16Cl2N4/c1-17(9-2-4-14-5-3-9)7-8-6-15-11(13)16-10(8)12/h6,9,14H,2-5,7H2,1H3. The zero-order valence-electron chi connectivity index (χ0n) is 9.79. The molecule has 0 radical (unpaired) electrons. The van der Waals surface area contributed by atoms with Crippen molar-refractivity contribution < 1.29 is 0 Å². The van der Waals surface area contributed by atoms with Crippen LogP contribution in [0.4, 0.5) is 0 Å². The van der Waals surface area contributed by atoms with Crippen LogP contribution in [0, 0.1) is 0 Å². The molecule has 1 aromatic rings. The van der Waals surface area contributed by atoms with Crippen molar-refractivity contribution in [2.24, 2.45) is 0 Å². The van der Waals surface area contributed by atoms with Gasteiger partial charge in [-0.1, -0.05) is 11.6 Å². The minimum Gasteiger partial charge on any atom is -0.317 e. The van der Waals surface area contributed by atoms with Gasteiger partial charge in [-0.15, -0.1) is 0 Å². The summed E-state index contributed by atoms with van der Waals surface area (Å²) in [4.78, 5) is 10.2. The zero-order valence-corrected chi connectivity index (χ0v) is 11.3. The normalized spacial score (nSPS) is 17.6. The van der Waals surface area contributed by atoms with Gasteiger partial charge in [0.05, 0.1) is 0 Å². The molecule has 0 spiro atoms. The zero-order chi connectivity index (χ0) is 12.3. The summed E-state index contributed by atoms with van der Waals surface area (Å²) in [5.41, 5.74) is 0.928. The molecule has 6 heteroatoms. The summed E-state index contributed by atoms with van der Waals surface area (Å²) in [6.07, 6.45) is 4.04. The molecule has 1 aromatic heterocycles. The van der Waals surface area contributed by atoms with Crippen molar-refractivity contribution in [2.75, 3.05) is 20.1 Å². The second-order valence-electron chi connectivity index (χ2n) is 4.35. The molecular formula is C11H16Cl2N4. The van der Waals surface area contributed by atoms with Crippen molar-refractivity contribution >= 4 is 23.2 Å². The Morgan fingerprint density at radius 2 is 2.12 bits per heavy atom. The third kappa shape index (κ3) is 3.52. The first-order valence-corrected chi connectivity index (χ1v) is 6.50. The SMILES string of the molecule is CN(Cc1cnc(Cl)nc1Cl)C1CCNCC1. The smallest absolute Gasteiger partial charge is 0.223 e. The van der Waals surface area contributed by atoms with Crippen molar-refractivity contribution in [3.63, 3.8) is 0 Å². The van der Waals surface area contributed by atoms with Crippen molar-refractivity contribution in [1.82, 2.24) is 20.2 Å². The molecule has 4 nitrogen and oxygen atoms in total. The van der Waals surface area contributed by atoms with E-state index >= 15 is 0 Å². The van der Waals surface area contributed by atoms with Gasteiger partial charge in [-0.25, -0.2) is 9.97 Å². The molecule has 1 aliphatic heterocycles. The summed E-state index contributed by atoms with van der Waals surface area (Å²) in [5.74, 6) is 0. The molecule has 0 bridgehead atoms. The highest BCUT2D eigenvalue weighted by molar-refractivity contribution is 6.32. The van der Waals surface area contributed by atoms with Crippen LogP contribution >= 0.6 is 23.2 Å². The Labute approximate surface area is 111 Å². The van der Waals surface area contributed by atoms with Gasteiger partial charge in [-0.05, 0) is 44.6 Å². The van der Waals surface area contributed by atoms with E-state index < -0.39 is 0 Å². The fourth-order valence-electron chi connectivity index (χ4n) is 2.12. The lowest BCUT2D eigenvalue weighted by atomic mass is 10.1. The average molecular weight is 275 g/mol. The van der Waals surface area contributed by atoms with Crippen LogP contribution in [0.1, 0.15) is 18.4 Å². The van der Waals surface area contributed by atoms with Gasteiger partial charge in [0.25, 0.3) is 0 Å². The highest BCUT2D eigenvalue weighted by Crippen LogP contribution is 2.18. The van der Waals surface area contributed by atoms with E-state index in [1.54, 1.807) is 6.20 Å². The summed E-state index contributed by atoms with van der Waals surface area (Å²) < 4.78 is 0. The number of hydrogen-bond donors (Lipinski definition) is 1. The molecule has 2 heterocycles. The van der Waals surface area contributed by atoms with Crippen LogP contribution in [0.15, 0.2) is 6.20 Å². The van der Waals surface area contributed by atoms with Gasteiger partial charge in [0.15, 0.2) is 0 Å². The topological polar surface area (TPSA) is 41.1 Å². The summed E-state index contributed by atoms with van der Waals surface area (Å²) >= 11 is 11.7. The Hall–Kier alpha value is -0.420. The molecule has 1 N–H and O–H groups in total. The number of piperidine rings is 1. The minimum atomic E-state index is 0.197. The van der Waals surface area contributed by atoms with Gasteiger partial charge in [-0.3, -0.25) is 4.90 Å². The van der Waals surface area contributed by atoms with Crippen molar-refractivity contribution in [3.8, 4) is 0 Å². The Kier molecular flexibility index (Phi) is 4.56. The molecular weight excluding hydrogens is 259 g/mol. The van der Waals surface area contributed by atoms with E-state index in [0.717, 1.165) is 25.2 Å². The van der Waals surface area contributed by atoms with Crippen molar-refractivity contribution in [3.05, 3.63) is 22.2 Å². The largest absolute Gasteiger partial charge is 0.317 e. The van der Waals surface area contributed by atoms with Crippen molar-refractivity contribution in [2.45, 2.75) is 25.4 Å². The number of aromatic nitrogens is 2. The lowest BCUT2D eigenvalue weighted by Crippen LogP contribution is -2.40. The molecule has 17 heavy (non-hydrogen) atoms. The van der Waals surface area contributed by atoms with E-state index in [1.807, 2.05) is 0 Å². The number of halogens is 2. The van der Waals surface area contributed by atoms with Gasteiger partial charge >= 0.3 is 0 Å². The second kappa shape index (κ2) is 5.96. The van der Waals surface area contributed by atoms with E-state index in [-0.39, 0.29) is 5.28 Å². The van der Waals surface area contributed by atoms with Gasteiger partial charge in [0, 0.05) is 24.3 Å². The Bertz CT molecular complexity index is 380. The Morgan fingerprint density at radius 3 is 2.76 bits per heavy atom. The third-order valence-corrected chi connectivity index (χ3v) is 3.64. The monoisotopic (exact) mass is 274 g/mol. The fourth-order valence-corrected chi connectivity index (χ4v) is 2.48. The maximum atomic E-state index is 6.04. The molecule has 2 rings (SSSR count). The van der Waals surface area contributed by atoms with Gasteiger partial charge in [0.2, 0.25) is 5.28 Å². The van der Waals surface area contributed by atoms with Crippen LogP contribution in [-0.2, 0) is 6.54 Å². The van der Waals surface area contributed by atoms with Gasteiger partial charge < -0.3 is 5.32 Å². The molecule has 0 amide bonds. The number of rotatable bonds is 3. The first-order chi connectivity index (χ1) is 8.16. The molecule has 0 atom stereocenters. The Morgan fingerprint density at radius 1 is 1.41 bits per heavy atom. The molecule has 0 saturated carbocycles. The molecule has 0 unspecified atom stereocenters. The number of hydrogen-bond acceptors (Lipinski definition) is 4. The maximum Gasteiger partial charge on any atom is 0.223 e. The van der Waals surface area contributed by atoms with Crippen LogP contribution in [0.5, 0.6) is 0 Å². The molecule has 0 aromatic carbocycles. The van der Waals surface area contributed by atoms with E-state index in [1.165, 1.54) is 12.8 Å². The number of nitrogens with zero attached hydrogens (tertiary/aromatic N) is 3. The quantitative estimate of drug-likeness (QED) is 0.676. The third-order valence-electron chi connectivity index (χ3n) is 3.13. The molecule has 1 fully saturated rings. The summed E-state index contributed by atoms with van der Waals surface area (Å²) in [6.45, 7) is 2.93. The highest BCUT2D eigenvalue weighted by Gasteiger charge is 2.18. The first-order valence-electron chi connectivity index (χ1n) is 5.74. The van der Waals surface area contributed by atoms with E-state index in [4.69, 9.17) is 23.2 Å². The lowest BCUT2D eigenvalue weighted by Gasteiger charge is -2.31. The predicted octanol–water partition coefficient (Wildman–Crippen LogP) is 1.97. The Balaban J connectivity index is 1.99. The van der Waals surface area contributed by atoms with Crippen LogP contribution in [-0.4, -0.2) is 41.0 Å². The van der Waals surface area contributed by atoms with E-state index in [0.29, 0.717) is 11.2 Å². The fraction of sp³-hybridized carbons (Fsp3) is 0.636. The second-order valence-corrected chi connectivity index (χ2v) is 5.05. The maximum absolute atomic E-state index is 6.04. The highest BCUT2D eigenvalue weighted by atomic mass is 35.5. The first kappa shape index (κ1) is 13.0. The lowest BCUT2D eigenvalue weighted by molar-refractivity contribution is 0.191. The van der Waals surface area contributed by atoms with Crippen LogP contribution in [0.2, 0.25) is 10.4 Å². The average Bonchev–Trinajstić information content (AvgIpc) is 2.34. The summed E-state index contributed by atoms with van der Waals surface area (Å²) in [5, 5.41) is 4.00. The van der Waals surface area contributed by atoms with Crippen LogP contribution < -0.4 is 5.32 Å². The summed E-state index contributed by atoms with van der Waals surface area (Å²) in [7, 11) is 2.11. The van der Waals surface area contributed by atoms with Gasteiger partial charge in [0.1, 0.15) is 5.15 Å². The minimum absolute atomic E-state index is 0.197. The van der Waals surface area contributed by atoms with Crippen LogP contribution in [0.3, 0.4) is 0 Å². The molecule has 1 aliphatic rings. The van der Waals surface area contributed by atoms with E-state index in [2.05, 4.69) is 27.2 Å². The predicted molar refractivity (Wildman–Crippen MR) is 69.4 cm³/mol. The van der Waals surface area contributed by atoms with Crippen LogP contribution in [0.25, 0.3) is 0 Å². The molecule has 0 aliphatic carbocycles. The molecule has 1 saturated heterocycles. The van der Waals surface area contributed by atoms with Crippen molar-refractivity contribution in [1.29, 1.82) is 0 Å². The summed E-state index contributed by atoms with van der Waals surface area (Å²) in [6, 6.07) is 0.600. The number of nitrogens with one attached hydrogen (secondary N) is 1.